The molecule has 0 saturated carbocycles. The summed E-state index contributed by atoms with van der Waals surface area (Å²) in [5.74, 6) is 1.70. The molecule has 1 fully saturated rings. The normalized spacial score (nSPS) is 15.7. The highest BCUT2D eigenvalue weighted by Gasteiger charge is 2.23. The summed E-state index contributed by atoms with van der Waals surface area (Å²) in [6.07, 6.45) is 5.97. The van der Waals surface area contributed by atoms with Crippen LogP contribution in [-0.4, -0.2) is 60.9 Å². The monoisotopic (exact) mass is 557 g/mol. The van der Waals surface area contributed by atoms with Crippen molar-refractivity contribution in [3.05, 3.63) is 52.1 Å². The molecule has 12 heteroatoms. The largest absolute Gasteiger partial charge is 0.618 e. The second-order valence-corrected chi connectivity index (χ2v) is 8.98. The molecule has 0 atom stereocenters. The summed E-state index contributed by atoms with van der Waals surface area (Å²) in [5.41, 5.74) is 3.25. The number of methoxy groups -OCH3 is 1. The van der Waals surface area contributed by atoms with Crippen molar-refractivity contribution in [1.82, 2.24) is 20.2 Å². The molecule has 5 heterocycles. The Labute approximate surface area is 227 Å². The summed E-state index contributed by atoms with van der Waals surface area (Å²) in [6, 6.07) is 5.85. The van der Waals surface area contributed by atoms with Crippen molar-refractivity contribution in [1.29, 1.82) is 0 Å². The van der Waals surface area contributed by atoms with Gasteiger partial charge in [-0.1, -0.05) is 11.6 Å². The van der Waals surface area contributed by atoms with Gasteiger partial charge in [0, 0.05) is 30.4 Å². The summed E-state index contributed by atoms with van der Waals surface area (Å²) < 4.78 is 17.2. The fraction of sp³-hybridized carbons (Fsp3) is 0.458. The third-order valence-electron chi connectivity index (χ3n) is 6.44. The van der Waals surface area contributed by atoms with E-state index < -0.39 is 0 Å². The quantitative estimate of drug-likeness (QED) is 0.349. The summed E-state index contributed by atoms with van der Waals surface area (Å²) in [6.45, 7) is 4.33. The molecule has 0 amide bonds. The molecule has 2 aliphatic rings. The maximum Gasteiger partial charge on any atom is 0.227 e. The molecule has 5 rings (SSSR count). The molecule has 0 bridgehead atoms. The Morgan fingerprint density at radius 2 is 1.94 bits per heavy atom. The van der Waals surface area contributed by atoms with E-state index in [4.69, 9.17) is 25.8 Å². The molecular weight excluding hydrogens is 529 g/mol. The van der Waals surface area contributed by atoms with Gasteiger partial charge in [-0.05, 0) is 38.4 Å². The minimum Gasteiger partial charge on any atom is -0.618 e. The Bertz CT molecular complexity index is 1180. The predicted octanol–water partition coefficient (Wildman–Crippen LogP) is 3.34. The van der Waals surface area contributed by atoms with Crippen LogP contribution in [-0.2, 0) is 13.0 Å². The number of pyridine rings is 3. The van der Waals surface area contributed by atoms with Crippen LogP contribution < -0.4 is 24.3 Å². The number of likely N-dealkylation sites (tertiary alicyclic amines) is 1. The van der Waals surface area contributed by atoms with Gasteiger partial charge in [-0.15, -0.1) is 24.8 Å². The van der Waals surface area contributed by atoms with Gasteiger partial charge in [-0.2, -0.15) is 4.73 Å². The predicted molar refractivity (Wildman–Crippen MR) is 142 cm³/mol. The Morgan fingerprint density at radius 3 is 2.69 bits per heavy atom. The SMILES string of the molecule is COc1ccc2ncc(Cl)c(CCN3CCC(NCc4cc5c(c[n+]4[O-])OCCO5)CC3)c2n1.Cl.Cl. The van der Waals surface area contributed by atoms with Gasteiger partial charge in [0.05, 0.1) is 35.8 Å². The lowest BCUT2D eigenvalue weighted by molar-refractivity contribution is -0.615. The zero-order valence-corrected chi connectivity index (χ0v) is 22.3. The minimum absolute atomic E-state index is 0. The average Bonchev–Trinajstić information content (AvgIpc) is 2.87. The molecule has 3 aromatic rings. The van der Waals surface area contributed by atoms with Crippen molar-refractivity contribution in [2.24, 2.45) is 0 Å². The van der Waals surface area contributed by atoms with E-state index in [1.54, 1.807) is 19.4 Å². The summed E-state index contributed by atoms with van der Waals surface area (Å²) >= 11 is 6.48. The number of hydrogen-bond donors (Lipinski definition) is 1. The van der Waals surface area contributed by atoms with Crippen molar-refractivity contribution < 1.29 is 18.9 Å². The molecular formula is C24H30Cl3N5O4. The Morgan fingerprint density at radius 1 is 1.19 bits per heavy atom. The van der Waals surface area contributed by atoms with Gasteiger partial charge in [0.2, 0.25) is 23.5 Å². The lowest BCUT2D eigenvalue weighted by atomic mass is 10.0. The topological polar surface area (TPSA) is 95.7 Å². The van der Waals surface area contributed by atoms with Crippen LogP contribution in [0.1, 0.15) is 24.1 Å². The van der Waals surface area contributed by atoms with Crippen LogP contribution in [0.4, 0.5) is 0 Å². The van der Waals surface area contributed by atoms with E-state index in [9.17, 15) is 5.21 Å². The van der Waals surface area contributed by atoms with Crippen molar-refractivity contribution in [2.75, 3.05) is 40.0 Å². The van der Waals surface area contributed by atoms with Crippen molar-refractivity contribution in [2.45, 2.75) is 31.8 Å². The maximum absolute atomic E-state index is 12.3. The number of nitrogens with one attached hydrogen (secondary N) is 1. The molecule has 0 aliphatic carbocycles. The first-order valence-corrected chi connectivity index (χ1v) is 11.9. The van der Waals surface area contributed by atoms with Gasteiger partial charge in [0.1, 0.15) is 13.2 Å². The van der Waals surface area contributed by atoms with E-state index in [2.05, 4.69) is 20.2 Å². The molecule has 0 radical (unpaired) electrons. The minimum atomic E-state index is 0. The molecule has 3 aromatic heterocycles. The Hall–Kier alpha value is -2.30. The Kier molecular flexibility index (Phi) is 10.0. The average molecular weight is 559 g/mol. The molecule has 2 aliphatic heterocycles. The van der Waals surface area contributed by atoms with Crippen LogP contribution in [0.2, 0.25) is 5.02 Å². The van der Waals surface area contributed by atoms with Gasteiger partial charge in [0.15, 0.2) is 5.75 Å². The fourth-order valence-electron chi connectivity index (χ4n) is 4.50. The number of aromatic nitrogens is 3. The fourth-order valence-corrected chi connectivity index (χ4v) is 4.73. The first-order valence-electron chi connectivity index (χ1n) is 11.6. The van der Waals surface area contributed by atoms with Gasteiger partial charge in [-0.25, -0.2) is 4.98 Å². The summed E-state index contributed by atoms with van der Waals surface area (Å²) in [7, 11) is 1.61. The lowest BCUT2D eigenvalue weighted by Crippen LogP contribution is -2.44. The van der Waals surface area contributed by atoms with E-state index in [1.165, 1.54) is 6.20 Å². The van der Waals surface area contributed by atoms with Crippen LogP contribution >= 0.6 is 36.4 Å². The number of halogens is 3. The van der Waals surface area contributed by atoms with Crippen LogP contribution in [0.3, 0.4) is 0 Å². The third kappa shape index (κ3) is 6.33. The zero-order chi connectivity index (χ0) is 23.5. The van der Waals surface area contributed by atoms with Crippen molar-refractivity contribution >= 4 is 47.4 Å². The van der Waals surface area contributed by atoms with Gasteiger partial charge < -0.3 is 29.6 Å². The zero-order valence-electron chi connectivity index (χ0n) is 19.9. The summed E-state index contributed by atoms with van der Waals surface area (Å²) in [5, 5.41) is 16.5. The molecule has 1 N–H and O–H groups in total. The van der Waals surface area contributed by atoms with Crippen LogP contribution in [0.15, 0.2) is 30.6 Å². The van der Waals surface area contributed by atoms with Crippen LogP contribution in [0.25, 0.3) is 11.0 Å². The summed E-state index contributed by atoms with van der Waals surface area (Å²) in [4.78, 5) is 11.4. The molecule has 36 heavy (non-hydrogen) atoms. The van der Waals surface area contributed by atoms with E-state index in [-0.39, 0.29) is 24.8 Å². The third-order valence-corrected chi connectivity index (χ3v) is 6.77. The molecule has 0 unspecified atom stereocenters. The number of piperidine rings is 1. The number of nitrogens with zero attached hydrogens (tertiary/aromatic N) is 4. The van der Waals surface area contributed by atoms with E-state index in [0.717, 1.165) is 60.2 Å². The van der Waals surface area contributed by atoms with Gasteiger partial charge in [0.25, 0.3) is 0 Å². The molecule has 9 nitrogen and oxygen atoms in total. The first-order chi connectivity index (χ1) is 16.6. The second kappa shape index (κ2) is 12.8. The van der Waals surface area contributed by atoms with E-state index >= 15 is 0 Å². The molecule has 196 valence electrons. The standard InChI is InChI=1S/C24H28ClN5O4.2ClH/c1-32-23-3-2-20-24(28-23)18(19(25)14-27-20)6-9-29-7-4-16(5-8-29)26-13-17-12-21-22(15-30(17)31)34-11-10-33-21;;/h2-3,12,14-16,26H,4-11,13H2,1H3;2*1H. The first kappa shape index (κ1) is 28.3. The highest BCUT2D eigenvalue weighted by Crippen LogP contribution is 2.29. The highest BCUT2D eigenvalue weighted by atomic mass is 35.5. The van der Waals surface area contributed by atoms with Crippen molar-refractivity contribution in [3.8, 4) is 17.4 Å². The van der Waals surface area contributed by atoms with E-state index in [0.29, 0.717) is 53.9 Å². The smallest absolute Gasteiger partial charge is 0.227 e. The lowest BCUT2D eigenvalue weighted by Gasteiger charge is -2.32. The number of rotatable bonds is 7. The molecule has 1 saturated heterocycles. The van der Waals surface area contributed by atoms with Crippen LogP contribution in [0.5, 0.6) is 17.4 Å². The molecule has 0 spiro atoms. The van der Waals surface area contributed by atoms with Gasteiger partial charge in [-0.3, -0.25) is 4.98 Å². The maximum atomic E-state index is 12.3. The number of fused-ring (bicyclic) bond motifs is 2. The second-order valence-electron chi connectivity index (χ2n) is 8.57. The van der Waals surface area contributed by atoms with Gasteiger partial charge >= 0.3 is 0 Å². The molecule has 0 aromatic carbocycles. The highest BCUT2D eigenvalue weighted by molar-refractivity contribution is 6.32. The number of hydrogen-bond acceptors (Lipinski definition) is 8. The van der Waals surface area contributed by atoms with Crippen LogP contribution in [0, 0.1) is 5.21 Å². The van der Waals surface area contributed by atoms with E-state index in [1.807, 2.05) is 12.1 Å². The van der Waals surface area contributed by atoms with Crippen molar-refractivity contribution in [3.63, 3.8) is 0 Å². The number of ether oxygens (including phenoxy) is 3. The Balaban J connectivity index is 0.00000180.